The van der Waals surface area contributed by atoms with Gasteiger partial charge < -0.3 is 35.7 Å². The number of hydrogen-bond donors (Lipinski definition) is 4. The van der Waals surface area contributed by atoms with E-state index in [2.05, 4.69) is 10.6 Å². The zero-order valence-corrected chi connectivity index (χ0v) is 18.7. The Kier molecular flexibility index (Phi) is 7.22. The second-order valence-corrected chi connectivity index (χ2v) is 6.94. The SMILES string of the molecule is COc1cc(C(=O)Nc2cccc(C(=O)Nc3cccc(C(=O)O)c3OC)c2OC)ccc1N. The number of carbonyl (C=O) groups is 3. The summed E-state index contributed by atoms with van der Waals surface area (Å²) in [4.78, 5) is 37.3. The summed E-state index contributed by atoms with van der Waals surface area (Å²) in [6.45, 7) is 0. The Labute approximate surface area is 195 Å². The van der Waals surface area contributed by atoms with Gasteiger partial charge in [-0.3, -0.25) is 9.59 Å². The number of nitrogen functional groups attached to an aromatic ring is 1. The average Bonchev–Trinajstić information content (AvgIpc) is 2.83. The number of aromatic carboxylic acids is 1. The van der Waals surface area contributed by atoms with E-state index in [1.54, 1.807) is 18.2 Å². The molecule has 0 bridgehead atoms. The fourth-order valence-corrected chi connectivity index (χ4v) is 3.29. The molecule has 34 heavy (non-hydrogen) atoms. The van der Waals surface area contributed by atoms with E-state index < -0.39 is 17.8 Å². The molecule has 0 saturated heterocycles. The van der Waals surface area contributed by atoms with Crippen molar-refractivity contribution < 1.29 is 33.7 Å². The van der Waals surface area contributed by atoms with Gasteiger partial charge in [0.1, 0.15) is 11.3 Å². The van der Waals surface area contributed by atoms with E-state index in [1.807, 2.05) is 0 Å². The van der Waals surface area contributed by atoms with Crippen LogP contribution in [0.1, 0.15) is 31.1 Å². The third kappa shape index (κ3) is 4.85. The Morgan fingerprint density at radius 3 is 1.88 bits per heavy atom. The number of carbonyl (C=O) groups excluding carboxylic acids is 2. The minimum atomic E-state index is -1.20. The van der Waals surface area contributed by atoms with Crippen LogP contribution >= 0.6 is 0 Å². The van der Waals surface area contributed by atoms with Gasteiger partial charge in [0.25, 0.3) is 11.8 Å². The van der Waals surface area contributed by atoms with Gasteiger partial charge in [-0.1, -0.05) is 12.1 Å². The van der Waals surface area contributed by atoms with Crippen LogP contribution in [0.3, 0.4) is 0 Å². The first-order valence-corrected chi connectivity index (χ1v) is 9.94. The van der Waals surface area contributed by atoms with E-state index in [9.17, 15) is 19.5 Å². The zero-order chi connectivity index (χ0) is 24.8. The monoisotopic (exact) mass is 465 g/mol. The predicted octanol–water partition coefficient (Wildman–Crippen LogP) is 3.50. The Morgan fingerprint density at radius 2 is 1.32 bits per heavy atom. The molecule has 0 spiro atoms. The van der Waals surface area contributed by atoms with Crippen LogP contribution in [0.15, 0.2) is 54.6 Å². The van der Waals surface area contributed by atoms with E-state index in [-0.39, 0.29) is 39.6 Å². The summed E-state index contributed by atoms with van der Waals surface area (Å²) in [7, 11) is 4.11. The van der Waals surface area contributed by atoms with Gasteiger partial charge >= 0.3 is 5.97 Å². The van der Waals surface area contributed by atoms with Crippen LogP contribution < -0.4 is 30.6 Å². The normalized spacial score (nSPS) is 10.2. The van der Waals surface area contributed by atoms with Gasteiger partial charge in [-0.2, -0.15) is 0 Å². The van der Waals surface area contributed by atoms with E-state index in [4.69, 9.17) is 19.9 Å². The zero-order valence-electron chi connectivity index (χ0n) is 18.7. The third-order valence-electron chi connectivity index (χ3n) is 4.91. The molecular formula is C24H23N3O7. The molecule has 0 heterocycles. The molecule has 0 aliphatic heterocycles. The largest absolute Gasteiger partial charge is 0.495 e. The summed E-state index contributed by atoms with van der Waals surface area (Å²) in [6.07, 6.45) is 0. The maximum atomic E-state index is 13.0. The molecule has 0 saturated carbocycles. The molecule has 5 N–H and O–H groups in total. The van der Waals surface area contributed by atoms with Gasteiger partial charge in [-0.15, -0.1) is 0 Å². The molecule has 2 amide bonds. The number of benzene rings is 3. The number of carboxylic acids is 1. The van der Waals surface area contributed by atoms with Crippen LogP contribution in [0, 0.1) is 0 Å². The Morgan fingerprint density at radius 1 is 0.765 bits per heavy atom. The van der Waals surface area contributed by atoms with Gasteiger partial charge in [-0.25, -0.2) is 4.79 Å². The Balaban J connectivity index is 1.91. The van der Waals surface area contributed by atoms with Crippen molar-refractivity contribution in [1.82, 2.24) is 0 Å². The van der Waals surface area contributed by atoms with Crippen LogP contribution in [0.5, 0.6) is 17.2 Å². The Hall–Kier alpha value is -4.73. The van der Waals surface area contributed by atoms with Crippen LogP contribution in [0.2, 0.25) is 0 Å². The molecule has 3 aromatic carbocycles. The number of nitrogens with one attached hydrogen (secondary N) is 2. The summed E-state index contributed by atoms with van der Waals surface area (Å²) in [5, 5.41) is 14.7. The highest BCUT2D eigenvalue weighted by Crippen LogP contribution is 2.33. The standard InChI is InChI=1S/C24H23N3O7/c1-32-19-12-13(10-11-16(19)25)22(28)26-17-8-4-6-14(20(17)33-2)23(29)27-18-9-5-7-15(24(30)31)21(18)34-3/h4-12H,25H2,1-3H3,(H,26,28)(H,27,29)(H,30,31). The fraction of sp³-hybridized carbons (Fsp3) is 0.125. The molecular weight excluding hydrogens is 442 g/mol. The molecule has 0 unspecified atom stereocenters. The minimum Gasteiger partial charge on any atom is -0.495 e. The maximum Gasteiger partial charge on any atom is 0.339 e. The van der Waals surface area contributed by atoms with Crippen LogP contribution in [-0.4, -0.2) is 44.2 Å². The van der Waals surface area contributed by atoms with E-state index in [1.165, 1.54) is 57.7 Å². The lowest BCUT2D eigenvalue weighted by molar-refractivity contribution is 0.0692. The van der Waals surface area contributed by atoms with Crippen LogP contribution in [-0.2, 0) is 0 Å². The molecule has 10 nitrogen and oxygen atoms in total. The minimum absolute atomic E-state index is 0.00377. The lowest BCUT2D eigenvalue weighted by Crippen LogP contribution is -2.17. The van der Waals surface area contributed by atoms with Gasteiger partial charge in [0, 0.05) is 5.56 Å². The van der Waals surface area contributed by atoms with Crippen molar-refractivity contribution in [1.29, 1.82) is 0 Å². The maximum absolute atomic E-state index is 13.0. The third-order valence-corrected chi connectivity index (χ3v) is 4.91. The van der Waals surface area contributed by atoms with Crippen LogP contribution in [0.25, 0.3) is 0 Å². The number of methoxy groups -OCH3 is 3. The first kappa shape index (κ1) is 23.9. The fourth-order valence-electron chi connectivity index (χ4n) is 3.29. The molecule has 3 rings (SSSR count). The van der Waals surface area contributed by atoms with Crippen molar-refractivity contribution in [2.75, 3.05) is 37.7 Å². The highest BCUT2D eigenvalue weighted by atomic mass is 16.5. The van der Waals surface area contributed by atoms with Crippen molar-refractivity contribution in [2.45, 2.75) is 0 Å². The lowest BCUT2D eigenvalue weighted by Gasteiger charge is -2.16. The van der Waals surface area contributed by atoms with E-state index in [0.717, 1.165) is 0 Å². The van der Waals surface area contributed by atoms with Crippen molar-refractivity contribution in [3.05, 3.63) is 71.3 Å². The van der Waals surface area contributed by atoms with Crippen LogP contribution in [0.4, 0.5) is 17.1 Å². The summed E-state index contributed by atoms with van der Waals surface area (Å²) in [5.41, 5.74) is 6.90. The van der Waals surface area contributed by atoms with E-state index in [0.29, 0.717) is 11.4 Å². The van der Waals surface area contributed by atoms with E-state index >= 15 is 0 Å². The summed E-state index contributed by atoms with van der Waals surface area (Å²) in [6, 6.07) is 13.6. The highest BCUT2D eigenvalue weighted by Gasteiger charge is 2.21. The second-order valence-electron chi connectivity index (χ2n) is 6.94. The first-order valence-electron chi connectivity index (χ1n) is 9.94. The van der Waals surface area contributed by atoms with Gasteiger partial charge in [-0.05, 0) is 42.5 Å². The molecule has 176 valence electrons. The lowest BCUT2D eigenvalue weighted by atomic mass is 10.1. The number of carboxylic acid groups (broad SMARTS) is 1. The molecule has 10 heteroatoms. The second kappa shape index (κ2) is 10.3. The summed E-state index contributed by atoms with van der Waals surface area (Å²) in [5.74, 6) is -1.79. The molecule has 0 aliphatic rings. The van der Waals surface area contributed by atoms with Gasteiger partial charge in [0.05, 0.1) is 44.0 Å². The quantitative estimate of drug-likeness (QED) is 0.369. The number of rotatable bonds is 8. The van der Waals surface area contributed by atoms with Gasteiger partial charge in [0.15, 0.2) is 11.5 Å². The number of ether oxygens (including phenoxy) is 3. The van der Waals surface area contributed by atoms with Crippen molar-refractivity contribution in [3.63, 3.8) is 0 Å². The first-order chi connectivity index (χ1) is 16.3. The topological polar surface area (TPSA) is 149 Å². The number of amides is 2. The molecule has 3 aromatic rings. The number of para-hydroxylation sites is 2. The number of nitrogens with two attached hydrogens (primary N) is 1. The molecule has 0 aromatic heterocycles. The molecule has 0 atom stereocenters. The van der Waals surface area contributed by atoms with Crippen molar-refractivity contribution in [2.24, 2.45) is 0 Å². The Bertz CT molecular complexity index is 1260. The number of hydrogen-bond acceptors (Lipinski definition) is 7. The highest BCUT2D eigenvalue weighted by molar-refractivity contribution is 6.11. The average molecular weight is 465 g/mol. The smallest absolute Gasteiger partial charge is 0.339 e. The van der Waals surface area contributed by atoms with Crippen molar-refractivity contribution in [3.8, 4) is 17.2 Å². The number of anilines is 3. The molecule has 0 fully saturated rings. The summed E-state index contributed by atoms with van der Waals surface area (Å²) < 4.78 is 15.7. The molecule has 0 aliphatic carbocycles. The van der Waals surface area contributed by atoms with Crippen molar-refractivity contribution >= 4 is 34.8 Å². The van der Waals surface area contributed by atoms with Gasteiger partial charge in [0.2, 0.25) is 0 Å². The molecule has 0 radical (unpaired) electrons. The summed E-state index contributed by atoms with van der Waals surface area (Å²) >= 11 is 0. The predicted molar refractivity (Wildman–Crippen MR) is 126 cm³/mol.